The van der Waals surface area contributed by atoms with Crippen molar-refractivity contribution < 1.29 is 23.1 Å². The number of hydrogen-bond acceptors (Lipinski definition) is 3. The topological polar surface area (TPSA) is 43.4 Å². The van der Waals surface area contributed by atoms with Gasteiger partial charge in [-0.15, -0.1) is 0 Å². The first-order chi connectivity index (χ1) is 12.0. The molecule has 0 amide bonds. The van der Waals surface area contributed by atoms with Crippen LogP contribution >= 0.6 is 11.6 Å². The Labute approximate surface area is 148 Å². The van der Waals surface area contributed by atoms with Gasteiger partial charge >= 0.3 is 5.97 Å². The van der Waals surface area contributed by atoms with Crippen LogP contribution in [0.15, 0.2) is 30.3 Å². The summed E-state index contributed by atoms with van der Waals surface area (Å²) in [5.41, 5.74) is 2.53. The van der Waals surface area contributed by atoms with Crippen LogP contribution in [0.2, 0.25) is 5.02 Å². The first-order valence-corrected chi connectivity index (χ1v) is 8.30. The van der Waals surface area contributed by atoms with E-state index in [1.807, 2.05) is 12.1 Å². The number of aryl methyl sites for hydroxylation is 2. The molecule has 0 spiro atoms. The molecule has 0 atom stereocenters. The van der Waals surface area contributed by atoms with Gasteiger partial charge in [-0.2, -0.15) is 0 Å². The van der Waals surface area contributed by atoms with E-state index >= 15 is 0 Å². The largest absolute Gasteiger partial charge is 0.454 e. The summed E-state index contributed by atoms with van der Waals surface area (Å²) in [4.78, 5) is 24.2. The Morgan fingerprint density at radius 2 is 1.68 bits per heavy atom. The second-order valence-corrected chi connectivity index (χ2v) is 6.34. The molecule has 0 N–H and O–H groups in total. The Kier molecular flexibility index (Phi) is 5.13. The van der Waals surface area contributed by atoms with Gasteiger partial charge < -0.3 is 4.74 Å². The van der Waals surface area contributed by atoms with Crippen molar-refractivity contribution in [1.29, 1.82) is 0 Å². The molecular weight excluding hydrogens is 350 g/mol. The number of fused-ring (bicyclic) bond motifs is 1. The Balaban J connectivity index is 1.68. The molecule has 2 aromatic carbocycles. The Bertz CT molecular complexity index is 849. The van der Waals surface area contributed by atoms with E-state index in [4.69, 9.17) is 16.3 Å². The van der Waals surface area contributed by atoms with Crippen molar-refractivity contribution in [2.24, 2.45) is 0 Å². The van der Waals surface area contributed by atoms with Gasteiger partial charge in [-0.05, 0) is 55.0 Å². The second kappa shape index (κ2) is 7.31. The summed E-state index contributed by atoms with van der Waals surface area (Å²) in [6.07, 6.45) is 4.18. The van der Waals surface area contributed by atoms with Gasteiger partial charge in [0.15, 0.2) is 24.0 Å². The van der Waals surface area contributed by atoms with Crippen molar-refractivity contribution in [3.05, 3.63) is 69.2 Å². The predicted octanol–water partition coefficient (Wildman–Crippen LogP) is 4.54. The van der Waals surface area contributed by atoms with Gasteiger partial charge in [0.25, 0.3) is 0 Å². The first kappa shape index (κ1) is 17.5. The number of halogens is 3. The van der Waals surface area contributed by atoms with E-state index in [1.54, 1.807) is 6.07 Å². The predicted molar refractivity (Wildman–Crippen MR) is 89.1 cm³/mol. The molecule has 0 unspecified atom stereocenters. The van der Waals surface area contributed by atoms with Gasteiger partial charge in [-0.25, -0.2) is 13.6 Å². The van der Waals surface area contributed by atoms with Gasteiger partial charge in [-0.3, -0.25) is 4.79 Å². The normalized spacial score (nSPS) is 13.2. The van der Waals surface area contributed by atoms with Crippen molar-refractivity contribution in [2.45, 2.75) is 25.7 Å². The van der Waals surface area contributed by atoms with Crippen LogP contribution < -0.4 is 0 Å². The molecule has 130 valence electrons. The highest BCUT2D eigenvalue weighted by atomic mass is 35.5. The van der Waals surface area contributed by atoms with E-state index in [-0.39, 0.29) is 16.4 Å². The van der Waals surface area contributed by atoms with Crippen LogP contribution in [0.4, 0.5) is 8.78 Å². The fourth-order valence-electron chi connectivity index (χ4n) is 2.88. The lowest BCUT2D eigenvalue weighted by molar-refractivity contribution is 0.0474. The summed E-state index contributed by atoms with van der Waals surface area (Å²) >= 11 is 5.72. The van der Waals surface area contributed by atoms with Crippen molar-refractivity contribution in [3.8, 4) is 0 Å². The van der Waals surface area contributed by atoms with Crippen molar-refractivity contribution >= 4 is 23.4 Å². The minimum Gasteiger partial charge on any atom is -0.454 e. The maximum atomic E-state index is 13.2. The van der Waals surface area contributed by atoms with Gasteiger partial charge in [0.05, 0.1) is 10.6 Å². The molecule has 0 bridgehead atoms. The lowest BCUT2D eigenvalue weighted by atomic mass is 9.90. The maximum Gasteiger partial charge on any atom is 0.340 e. The molecular formula is C19H15ClF2O3. The van der Waals surface area contributed by atoms with Gasteiger partial charge in [0.2, 0.25) is 0 Å². The van der Waals surface area contributed by atoms with Crippen LogP contribution in [0.25, 0.3) is 0 Å². The number of carbonyl (C=O) groups excluding carboxylic acids is 2. The molecule has 0 aliphatic heterocycles. The number of ketones is 1. The summed E-state index contributed by atoms with van der Waals surface area (Å²) in [6.45, 7) is -0.493. The number of esters is 1. The van der Waals surface area contributed by atoms with Crippen molar-refractivity contribution in [3.63, 3.8) is 0 Å². The maximum absolute atomic E-state index is 13.2. The highest BCUT2D eigenvalue weighted by Gasteiger charge is 2.19. The fraction of sp³-hybridized carbons (Fsp3) is 0.263. The third kappa shape index (κ3) is 3.87. The van der Waals surface area contributed by atoms with E-state index < -0.39 is 24.2 Å². The summed E-state index contributed by atoms with van der Waals surface area (Å²) in [5, 5.41) is -0.273. The van der Waals surface area contributed by atoms with E-state index in [1.165, 1.54) is 5.56 Å². The number of hydrogen-bond donors (Lipinski definition) is 0. The number of benzene rings is 2. The summed E-state index contributed by atoms with van der Waals surface area (Å²) < 4.78 is 31.2. The van der Waals surface area contributed by atoms with E-state index in [9.17, 15) is 18.4 Å². The van der Waals surface area contributed by atoms with Crippen molar-refractivity contribution in [2.75, 3.05) is 6.61 Å². The molecule has 0 saturated carbocycles. The minimum atomic E-state index is -1.21. The fourth-order valence-corrected chi connectivity index (χ4v) is 3.11. The van der Waals surface area contributed by atoms with Crippen LogP contribution in [-0.2, 0) is 17.6 Å². The quantitative estimate of drug-likeness (QED) is 0.454. The van der Waals surface area contributed by atoms with Crippen LogP contribution in [0.5, 0.6) is 0 Å². The molecule has 25 heavy (non-hydrogen) atoms. The number of carbonyl (C=O) groups is 2. The zero-order valence-electron chi connectivity index (χ0n) is 13.3. The molecule has 0 fully saturated rings. The molecule has 0 aromatic heterocycles. The average Bonchev–Trinajstić information content (AvgIpc) is 2.62. The molecule has 1 aliphatic carbocycles. The molecule has 3 rings (SSSR count). The second-order valence-electron chi connectivity index (χ2n) is 5.94. The Hall–Kier alpha value is -2.27. The summed E-state index contributed by atoms with van der Waals surface area (Å²) in [7, 11) is 0. The van der Waals surface area contributed by atoms with E-state index in [2.05, 4.69) is 0 Å². The molecule has 0 radical (unpaired) electrons. The highest BCUT2D eigenvalue weighted by Crippen LogP contribution is 2.23. The lowest BCUT2D eigenvalue weighted by Gasteiger charge is -2.16. The molecule has 1 aliphatic rings. The van der Waals surface area contributed by atoms with Crippen LogP contribution in [0, 0.1) is 11.6 Å². The third-order valence-electron chi connectivity index (χ3n) is 4.23. The van der Waals surface area contributed by atoms with Crippen LogP contribution in [0.1, 0.15) is 44.7 Å². The average molecular weight is 365 g/mol. The van der Waals surface area contributed by atoms with Crippen LogP contribution in [-0.4, -0.2) is 18.4 Å². The Morgan fingerprint density at radius 1 is 1.00 bits per heavy atom. The monoisotopic (exact) mass is 364 g/mol. The summed E-state index contributed by atoms with van der Waals surface area (Å²) in [6, 6.07) is 6.82. The minimum absolute atomic E-state index is 0.273. The number of rotatable bonds is 4. The molecule has 0 saturated heterocycles. The zero-order chi connectivity index (χ0) is 18.0. The lowest BCUT2D eigenvalue weighted by Crippen LogP contribution is -2.16. The summed E-state index contributed by atoms with van der Waals surface area (Å²) in [5.74, 6) is -3.71. The Morgan fingerprint density at radius 3 is 2.44 bits per heavy atom. The molecule has 3 nitrogen and oxygen atoms in total. The molecule has 0 heterocycles. The van der Waals surface area contributed by atoms with Gasteiger partial charge in [0.1, 0.15) is 0 Å². The standard InChI is InChI=1S/C19H15ClF2O3/c20-15-9-17(22)16(21)8-14(15)19(24)25-10-18(23)13-6-5-11-3-1-2-4-12(11)7-13/h5-9H,1-4,10H2. The third-order valence-corrected chi connectivity index (χ3v) is 4.55. The van der Waals surface area contributed by atoms with Gasteiger partial charge in [-0.1, -0.05) is 23.7 Å². The first-order valence-electron chi connectivity index (χ1n) is 7.92. The van der Waals surface area contributed by atoms with E-state index in [0.29, 0.717) is 17.7 Å². The van der Waals surface area contributed by atoms with Crippen LogP contribution in [0.3, 0.4) is 0 Å². The molecule has 6 heteroatoms. The highest BCUT2D eigenvalue weighted by molar-refractivity contribution is 6.33. The smallest absolute Gasteiger partial charge is 0.340 e. The number of ether oxygens (including phenoxy) is 1. The van der Waals surface area contributed by atoms with Crippen molar-refractivity contribution in [1.82, 2.24) is 0 Å². The SMILES string of the molecule is O=C(COC(=O)c1cc(F)c(F)cc1Cl)c1ccc2c(c1)CCCC2. The zero-order valence-corrected chi connectivity index (χ0v) is 14.0. The molecule has 2 aromatic rings. The number of Topliss-reactive ketones (excluding diaryl/α,β-unsaturated/α-hetero) is 1. The van der Waals surface area contributed by atoms with Gasteiger partial charge in [0, 0.05) is 5.56 Å². The van der Waals surface area contributed by atoms with E-state index in [0.717, 1.165) is 31.2 Å².